The maximum atomic E-state index is 12.0. The molecule has 2 fully saturated rings. The monoisotopic (exact) mass is 302 g/mol. The summed E-state index contributed by atoms with van der Waals surface area (Å²) < 4.78 is 0. The second kappa shape index (κ2) is 6.43. The Kier molecular flexibility index (Phi) is 4.37. The van der Waals surface area contributed by atoms with Gasteiger partial charge in [0.15, 0.2) is 5.96 Å². The first-order chi connectivity index (χ1) is 10.6. The van der Waals surface area contributed by atoms with Crippen molar-refractivity contribution in [2.75, 3.05) is 27.2 Å². The zero-order valence-corrected chi connectivity index (χ0v) is 12.8. The molecule has 7 nitrogen and oxygen atoms in total. The molecule has 0 radical (unpaired) electrons. The van der Waals surface area contributed by atoms with E-state index in [1.54, 1.807) is 0 Å². The van der Waals surface area contributed by atoms with E-state index in [4.69, 9.17) is 0 Å². The van der Waals surface area contributed by atoms with Crippen LogP contribution in [0, 0.1) is 5.92 Å². The number of likely N-dealkylation sites (N-methyl/N-ethyl adjacent to an activating group) is 1. The van der Waals surface area contributed by atoms with E-state index in [0.29, 0.717) is 19.0 Å². The zero-order chi connectivity index (χ0) is 15.5. The van der Waals surface area contributed by atoms with Gasteiger partial charge in [-0.1, -0.05) is 30.3 Å². The van der Waals surface area contributed by atoms with Gasteiger partial charge in [-0.2, -0.15) is 0 Å². The van der Waals surface area contributed by atoms with E-state index in [2.05, 4.69) is 43.5 Å². The van der Waals surface area contributed by atoms with Gasteiger partial charge in [0.1, 0.15) is 6.17 Å². The van der Waals surface area contributed by atoms with Crippen molar-refractivity contribution in [1.82, 2.24) is 26.4 Å². The molecule has 0 spiro atoms. The summed E-state index contributed by atoms with van der Waals surface area (Å²) in [6.45, 7) is 1.20. The van der Waals surface area contributed by atoms with Crippen molar-refractivity contribution in [2.24, 2.45) is 10.9 Å². The number of rotatable bonds is 4. The van der Waals surface area contributed by atoms with Gasteiger partial charge in [0.25, 0.3) is 0 Å². The number of guanidine groups is 1. The standard InChI is InChI=1S/C15H22N6O/c1-21(2)12(10-6-4-3-5-7-10)9-16-15-18-13-11(8-17-20-13)14(22)19-15/h3-7,11-13,17,20H,8-9H2,1-2H3,(H2,16,18,19,22). The Labute approximate surface area is 130 Å². The molecule has 4 N–H and O–H groups in total. The molecule has 1 aromatic carbocycles. The molecule has 2 aliphatic rings. The number of aliphatic imine (C=N–C) groups is 1. The minimum atomic E-state index is -0.0993. The van der Waals surface area contributed by atoms with Gasteiger partial charge >= 0.3 is 0 Å². The van der Waals surface area contributed by atoms with Crippen LogP contribution in [0.2, 0.25) is 0 Å². The summed E-state index contributed by atoms with van der Waals surface area (Å²) in [6, 6.07) is 10.4. The highest BCUT2D eigenvalue weighted by atomic mass is 16.2. The van der Waals surface area contributed by atoms with Crippen molar-refractivity contribution in [3.8, 4) is 0 Å². The lowest BCUT2D eigenvalue weighted by molar-refractivity contribution is -0.124. The number of benzene rings is 1. The quantitative estimate of drug-likeness (QED) is 0.598. The summed E-state index contributed by atoms with van der Waals surface area (Å²) in [5, 5.41) is 6.05. The van der Waals surface area contributed by atoms with Gasteiger partial charge in [0, 0.05) is 6.54 Å². The molecule has 0 aromatic heterocycles. The number of fused-ring (bicyclic) bond motifs is 1. The van der Waals surface area contributed by atoms with Gasteiger partial charge in [-0.3, -0.25) is 20.5 Å². The van der Waals surface area contributed by atoms with Crippen LogP contribution in [-0.2, 0) is 4.79 Å². The van der Waals surface area contributed by atoms with Gasteiger partial charge < -0.3 is 10.2 Å². The molecule has 0 bridgehead atoms. The number of amides is 1. The van der Waals surface area contributed by atoms with Crippen LogP contribution in [0.15, 0.2) is 35.3 Å². The molecule has 2 aliphatic heterocycles. The predicted molar refractivity (Wildman–Crippen MR) is 84.9 cm³/mol. The van der Waals surface area contributed by atoms with Crippen molar-refractivity contribution < 1.29 is 4.79 Å². The van der Waals surface area contributed by atoms with Crippen LogP contribution in [0.4, 0.5) is 0 Å². The van der Waals surface area contributed by atoms with Crippen LogP contribution >= 0.6 is 0 Å². The first-order valence-electron chi connectivity index (χ1n) is 7.47. The summed E-state index contributed by atoms with van der Waals surface area (Å²) in [5.74, 6) is 0.434. The van der Waals surface area contributed by atoms with Crippen LogP contribution in [0.5, 0.6) is 0 Å². The summed E-state index contributed by atoms with van der Waals surface area (Å²) in [5.41, 5.74) is 7.24. The molecule has 1 amide bonds. The predicted octanol–water partition coefficient (Wildman–Crippen LogP) is -0.585. The summed E-state index contributed by atoms with van der Waals surface area (Å²) in [4.78, 5) is 18.7. The highest BCUT2D eigenvalue weighted by molar-refractivity contribution is 6.01. The van der Waals surface area contributed by atoms with Crippen molar-refractivity contribution in [2.45, 2.75) is 12.2 Å². The Hall–Kier alpha value is -1.96. The third-order valence-corrected chi connectivity index (χ3v) is 4.08. The van der Waals surface area contributed by atoms with E-state index >= 15 is 0 Å². The first-order valence-corrected chi connectivity index (χ1v) is 7.47. The third kappa shape index (κ3) is 3.11. The molecule has 3 rings (SSSR count). The van der Waals surface area contributed by atoms with Gasteiger partial charge in [-0.05, 0) is 19.7 Å². The van der Waals surface area contributed by atoms with Crippen LogP contribution in [0.25, 0.3) is 0 Å². The Morgan fingerprint density at radius 1 is 1.32 bits per heavy atom. The Bertz CT molecular complexity index is 558. The number of hydrogen-bond acceptors (Lipinski definition) is 5. The number of hydrazine groups is 1. The lowest BCUT2D eigenvalue weighted by Crippen LogP contribution is -2.61. The molecular weight excluding hydrogens is 280 g/mol. The number of nitrogens with one attached hydrogen (secondary N) is 4. The van der Waals surface area contributed by atoms with Gasteiger partial charge in [-0.25, -0.2) is 5.43 Å². The lowest BCUT2D eigenvalue weighted by atomic mass is 10.1. The van der Waals surface area contributed by atoms with E-state index in [9.17, 15) is 4.79 Å². The van der Waals surface area contributed by atoms with Crippen molar-refractivity contribution in [3.05, 3.63) is 35.9 Å². The molecular formula is C15H22N6O. The summed E-state index contributed by atoms with van der Waals surface area (Å²) in [6.07, 6.45) is -0.0953. The van der Waals surface area contributed by atoms with Crippen LogP contribution in [0.1, 0.15) is 11.6 Å². The summed E-state index contributed by atoms with van der Waals surface area (Å²) in [7, 11) is 4.06. The van der Waals surface area contributed by atoms with Crippen molar-refractivity contribution >= 4 is 11.9 Å². The Morgan fingerprint density at radius 2 is 2.09 bits per heavy atom. The number of nitrogens with zero attached hydrogens (tertiary/aromatic N) is 2. The van der Waals surface area contributed by atoms with Crippen molar-refractivity contribution in [3.63, 3.8) is 0 Å². The largest absolute Gasteiger partial charge is 0.339 e. The van der Waals surface area contributed by atoms with E-state index < -0.39 is 0 Å². The van der Waals surface area contributed by atoms with Crippen LogP contribution in [-0.4, -0.2) is 50.1 Å². The Balaban J connectivity index is 1.70. The Morgan fingerprint density at radius 3 is 2.82 bits per heavy atom. The molecule has 2 saturated heterocycles. The molecule has 3 atom stereocenters. The molecule has 22 heavy (non-hydrogen) atoms. The third-order valence-electron chi connectivity index (χ3n) is 4.08. The topological polar surface area (TPSA) is 80.8 Å². The fourth-order valence-electron chi connectivity index (χ4n) is 2.78. The van der Waals surface area contributed by atoms with Crippen LogP contribution < -0.4 is 21.5 Å². The maximum Gasteiger partial charge on any atom is 0.234 e. The molecule has 3 unspecified atom stereocenters. The van der Waals surface area contributed by atoms with E-state index in [1.165, 1.54) is 5.56 Å². The molecule has 118 valence electrons. The molecule has 0 aliphatic carbocycles. The zero-order valence-electron chi connectivity index (χ0n) is 12.8. The highest BCUT2D eigenvalue weighted by Gasteiger charge is 2.37. The average molecular weight is 302 g/mol. The van der Waals surface area contributed by atoms with Gasteiger partial charge in [0.2, 0.25) is 5.91 Å². The molecule has 0 saturated carbocycles. The molecule has 2 heterocycles. The SMILES string of the molecule is CN(C)C(CN=C1NC(=O)C2CNNC2N1)c1ccccc1. The lowest BCUT2D eigenvalue weighted by Gasteiger charge is -2.28. The fourth-order valence-corrected chi connectivity index (χ4v) is 2.78. The highest BCUT2D eigenvalue weighted by Crippen LogP contribution is 2.18. The molecule has 1 aromatic rings. The minimum absolute atomic E-state index is 0.00103. The van der Waals surface area contributed by atoms with E-state index in [1.807, 2.05) is 32.3 Å². The normalized spacial score (nSPS) is 27.4. The van der Waals surface area contributed by atoms with E-state index in [-0.39, 0.29) is 24.0 Å². The first kappa shape index (κ1) is 15.0. The number of carbonyl (C=O) groups is 1. The summed E-state index contributed by atoms with van der Waals surface area (Å²) >= 11 is 0. The maximum absolute atomic E-state index is 12.0. The molecule has 7 heteroatoms. The minimum Gasteiger partial charge on any atom is -0.339 e. The van der Waals surface area contributed by atoms with Gasteiger partial charge in [0.05, 0.1) is 18.5 Å². The second-order valence-corrected chi connectivity index (χ2v) is 5.82. The number of carbonyl (C=O) groups excluding carboxylic acids is 1. The van der Waals surface area contributed by atoms with Crippen molar-refractivity contribution in [1.29, 1.82) is 0 Å². The smallest absolute Gasteiger partial charge is 0.234 e. The van der Waals surface area contributed by atoms with Gasteiger partial charge in [-0.15, -0.1) is 0 Å². The second-order valence-electron chi connectivity index (χ2n) is 5.82. The number of hydrogen-bond donors (Lipinski definition) is 4. The fraction of sp³-hybridized carbons (Fsp3) is 0.467. The van der Waals surface area contributed by atoms with Crippen LogP contribution in [0.3, 0.4) is 0 Å². The van der Waals surface area contributed by atoms with E-state index in [0.717, 1.165) is 0 Å². The average Bonchev–Trinajstić information content (AvgIpc) is 2.97.